The van der Waals surface area contributed by atoms with E-state index in [1.165, 1.54) is 13.1 Å². The Hall–Kier alpha value is -1.52. The molecule has 4 rings (SSSR count). The van der Waals surface area contributed by atoms with E-state index in [9.17, 15) is 13.2 Å². The molecule has 0 N–H and O–H groups in total. The number of likely N-dealkylation sites (N-methyl/N-ethyl adjacent to an activating group) is 1. The SMILES string of the molecule is CN(CC(=O)N1CCC[C@@H]1c1nc2ccccc2s1)S(=O)(=O)c1ccc(Cl)s1. The normalized spacial score (nSPS) is 17.7. The molecule has 6 nitrogen and oxygen atoms in total. The van der Waals surface area contributed by atoms with Gasteiger partial charge in [0, 0.05) is 13.6 Å². The Balaban J connectivity index is 1.52. The first-order valence-corrected chi connectivity index (χ1v) is 12.2. The molecule has 0 bridgehead atoms. The van der Waals surface area contributed by atoms with Gasteiger partial charge in [-0.05, 0) is 37.1 Å². The van der Waals surface area contributed by atoms with Crippen LogP contribution in [-0.4, -0.2) is 48.7 Å². The van der Waals surface area contributed by atoms with Crippen LogP contribution in [0.3, 0.4) is 0 Å². The molecule has 1 fully saturated rings. The summed E-state index contributed by atoms with van der Waals surface area (Å²) in [7, 11) is -2.32. The number of hydrogen-bond acceptors (Lipinski definition) is 6. The van der Waals surface area contributed by atoms with E-state index < -0.39 is 10.0 Å². The summed E-state index contributed by atoms with van der Waals surface area (Å²) < 4.78 is 28.0. The molecule has 0 unspecified atom stereocenters. The van der Waals surface area contributed by atoms with Gasteiger partial charge in [0.1, 0.15) is 9.22 Å². The van der Waals surface area contributed by atoms with Crippen LogP contribution in [0.25, 0.3) is 10.2 Å². The van der Waals surface area contributed by atoms with E-state index in [1.807, 2.05) is 24.3 Å². The number of nitrogens with zero attached hydrogens (tertiary/aromatic N) is 3. The van der Waals surface area contributed by atoms with Gasteiger partial charge in [-0.3, -0.25) is 4.79 Å². The van der Waals surface area contributed by atoms with Gasteiger partial charge in [-0.1, -0.05) is 23.7 Å². The fourth-order valence-corrected chi connectivity index (χ4v) is 7.24. The van der Waals surface area contributed by atoms with Gasteiger partial charge in [-0.2, -0.15) is 4.31 Å². The number of hydrogen-bond donors (Lipinski definition) is 0. The molecule has 1 aromatic carbocycles. The summed E-state index contributed by atoms with van der Waals surface area (Å²) in [6.07, 6.45) is 1.71. The van der Waals surface area contributed by atoms with Crippen LogP contribution in [0.5, 0.6) is 0 Å². The molecule has 1 atom stereocenters. The minimum atomic E-state index is -3.74. The second kappa shape index (κ2) is 7.72. The van der Waals surface area contributed by atoms with Crippen molar-refractivity contribution in [3.8, 4) is 0 Å². The van der Waals surface area contributed by atoms with Crippen molar-refractivity contribution >= 4 is 60.4 Å². The van der Waals surface area contributed by atoms with E-state index >= 15 is 0 Å². The number of sulfonamides is 1. The summed E-state index contributed by atoms with van der Waals surface area (Å²) in [5.41, 5.74) is 0.927. The van der Waals surface area contributed by atoms with Gasteiger partial charge in [0.15, 0.2) is 0 Å². The van der Waals surface area contributed by atoms with Crippen LogP contribution >= 0.6 is 34.3 Å². The molecule has 1 aliphatic rings. The van der Waals surface area contributed by atoms with Gasteiger partial charge in [0.2, 0.25) is 5.91 Å². The lowest BCUT2D eigenvalue weighted by atomic mass is 10.2. The van der Waals surface area contributed by atoms with Crippen LogP contribution in [-0.2, 0) is 14.8 Å². The molecule has 0 radical (unpaired) electrons. The number of amides is 1. The van der Waals surface area contributed by atoms with Crippen molar-refractivity contribution in [2.45, 2.75) is 23.1 Å². The van der Waals surface area contributed by atoms with Crippen LogP contribution < -0.4 is 0 Å². The topological polar surface area (TPSA) is 70.6 Å². The summed E-state index contributed by atoms with van der Waals surface area (Å²) in [4.78, 5) is 19.4. The van der Waals surface area contributed by atoms with Crippen molar-refractivity contribution in [3.63, 3.8) is 0 Å². The van der Waals surface area contributed by atoms with Crippen molar-refractivity contribution in [2.75, 3.05) is 20.1 Å². The van der Waals surface area contributed by atoms with Crippen LogP contribution in [0.1, 0.15) is 23.9 Å². The predicted octanol–water partition coefficient (Wildman–Crippen LogP) is 4.00. The van der Waals surface area contributed by atoms with Gasteiger partial charge in [0.05, 0.1) is 27.1 Å². The van der Waals surface area contributed by atoms with Crippen molar-refractivity contribution in [2.24, 2.45) is 0 Å². The van der Waals surface area contributed by atoms with E-state index in [0.29, 0.717) is 10.9 Å². The molecule has 3 heterocycles. The molecular weight excluding hydrogens is 438 g/mol. The third kappa shape index (κ3) is 3.69. The monoisotopic (exact) mass is 455 g/mol. The highest BCUT2D eigenvalue weighted by molar-refractivity contribution is 7.91. The number of thiazole rings is 1. The zero-order chi connectivity index (χ0) is 19.9. The highest BCUT2D eigenvalue weighted by atomic mass is 35.5. The Bertz CT molecular complexity index is 1090. The maximum atomic E-state index is 12.9. The Kier molecular flexibility index (Phi) is 5.45. The molecule has 1 amide bonds. The number of rotatable bonds is 5. The lowest BCUT2D eigenvalue weighted by Crippen LogP contribution is -2.40. The molecule has 0 aliphatic carbocycles. The van der Waals surface area contributed by atoms with Crippen LogP contribution in [0, 0.1) is 0 Å². The summed E-state index contributed by atoms with van der Waals surface area (Å²) in [5.74, 6) is -0.213. The first-order chi connectivity index (χ1) is 13.4. The minimum absolute atomic E-state index is 0.0998. The number of carbonyl (C=O) groups is 1. The Morgan fingerprint density at radius 1 is 1.29 bits per heavy atom. The first-order valence-electron chi connectivity index (χ1n) is 8.73. The minimum Gasteiger partial charge on any atom is -0.332 e. The zero-order valence-electron chi connectivity index (χ0n) is 15.0. The number of halogens is 1. The van der Waals surface area contributed by atoms with E-state index in [2.05, 4.69) is 4.98 Å². The van der Waals surface area contributed by atoms with Gasteiger partial charge < -0.3 is 4.90 Å². The largest absolute Gasteiger partial charge is 0.332 e. The fraction of sp³-hybridized carbons (Fsp3) is 0.333. The van der Waals surface area contributed by atoms with E-state index in [4.69, 9.17) is 11.6 Å². The standard InChI is InChI=1S/C18H18ClN3O3S3/c1-21(28(24,25)17-9-8-15(19)27-17)11-16(23)22-10-4-6-13(22)18-20-12-5-2-3-7-14(12)26-18/h2-3,5,7-9,13H,4,6,10-11H2,1H3/t13-/m1/s1. The summed E-state index contributed by atoms with van der Waals surface area (Å²) in [6.45, 7) is 0.400. The second-order valence-electron chi connectivity index (χ2n) is 6.58. The number of fused-ring (bicyclic) bond motifs is 1. The van der Waals surface area contributed by atoms with Crippen molar-refractivity contribution in [3.05, 3.63) is 45.7 Å². The smallest absolute Gasteiger partial charge is 0.252 e. The highest BCUT2D eigenvalue weighted by Gasteiger charge is 2.34. The average molecular weight is 456 g/mol. The van der Waals surface area contributed by atoms with Gasteiger partial charge in [-0.25, -0.2) is 13.4 Å². The van der Waals surface area contributed by atoms with Gasteiger partial charge in [-0.15, -0.1) is 22.7 Å². The van der Waals surface area contributed by atoms with Crippen LogP contribution in [0.15, 0.2) is 40.6 Å². The number of para-hydroxylation sites is 1. The van der Waals surface area contributed by atoms with Gasteiger partial charge in [0.25, 0.3) is 10.0 Å². The number of thiophene rings is 1. The fourth-order valence-electron chi connectivity index (χ4n) is 3.31. The first kappa shape index (κ1) is 19.8. The molecule has 0 saturated carbocycles. The molecule has 148 valence electrons. The lowest BCUT2D eigenvalue weighted by molar-refractivity contribution is -0.132. The molecule has 28 heavy (non-hydrogen) atoms. The summed E-state index contributed by atoms with van der Waals surface area (Å²) >= 11 is 8.43. The summed E-state index contributed by atoms with van der Waals surface area (Å²) in [5, 5.41) is 0.905. The van der Waals surface area contributed by atoms with Gasteiger partial charge >= 0.3 is 0 Å². The van der Waals surface area contributed by atoms with E-state index in [-0.39, 0.29) is 22.7 Å². The second-order valence-corrected chi connectivity index (χ2v) is 11.6. The van der Waals surface area contributed by atoms with Crippen LogP contribution in [0.2, 0.25) is 4.34 Å². The molecule has 0 spiro atoms. The predicted molar refractivity (Wildman–Crippen MR) is 112 cm³/mol. The van der Waals surface area contributed by atoms with Crippen LogP contribution in [0.4, 0.5) is 0 Å². The number of benzene rings is 1. The third-order valence-electron chi connectivity index (χ3n) is 4.74. The average Bonchev–Trinajstić information content (AvgIpc) is 3.39. The number of likely N-dealkylation sites (tertiary alicyclic amines) is 1. The zero-order valence-corrected chi connectivity index (χ0v) is 18.2. The number of carbonyl (C=O) groups excluding carboxylic acids is 1. The molecule has 3 aromatic rings. The Labute approximate surface area is 176 Å². The lowest BCUT2D eigenvalue weighted by Gasteiger charge is -2.25. The molecule has 10 heteroatoms. The van der Waals surface area contributed by atoms with Crippen molar-refractivity contribution in [1.29, 1.82) is 0 Å². The molecule has 1 aliphatic heterocycles. The quantitative estimate of drug-likeness (QED) is 0.583. The van der Waals surface area contributed by atoms with E-state index in [0.717, 1.165) is 43.7 Å². The van der Waals surface area contributed by atoms with Crippen molar-refractivity contribution in [1.82, 2.24) is 14.2 Å². The Morgan fingerprint density at radius 2 is 2.07 bits per heavy atom. The molecule has 1 saturated heterocycles. The Morgan fingerprint density at radius 3 is 2.79 bits per heavy atom. The number of aromatic nitrogens is 1. The maximum absolute atomic E-state index is 12.9. The summed E-state index contributed by atoms with van der Waals surface area (Å²) in [6, 6.07) is 10.8. The molecular formula is C18H18ClN3O3S3. The van der Waals surface area contributed by atoms with E-state index in [1.54, 1.807) is 22.3 Å². The maximum Gasteiger partial charge on any atom is 0.252 e. The highest BCUT2D eigenvalue weighted by Crippen LogP contribution is 2.36. The third-order valence-corrected chi connectivity index (χ3v) is 9.38. The van der Waals surface area contributed by atoms with Crippen molar-refractivity contribution < 1.29 is 13.2 Å². The molecule has 2 aromatic heterocycles.